The van der Waals surface area contributed by atoms with Crippen LogP contribution in [0.25, 0.3) is 10.9 Å². The highest BCUT2D eigenvalue weighted by molar-refractivity contribution is 6.31. The molecule has 3 rings (SSSR count). The molecular formula is C23H23ClFNO10. The van der Waals surface area contributed by atoms with Gasteiger partial charge in [0.2, 0.25) is 5.43 Å². The van der Waals surface area contributed by atoms with Crippen molar-refractivity contribution in [1.82, 2.24) is 4.57 Å². The maximum absolute atomic E-state index is 14.3. The van der Waals surface area contributed by atoms with Crippen LogP contribution < -0.4 is 5.43 Å². The van der Waals surface area contributed by atoms with E-state index in [2.05, 4.69) is 0 Å². The van der Waals surface area contributed by atoms with Crippen molar-refractivity contribution in [3.05, 3.63) is 45.0 Å². The maximum atomic E-state index is 14.3. The van der Waals surface area contributed by atoms with E-state index in [9.17, 15) is 28.4 Å². The minimum atomic E-state index is -1.32. The van der Waals surface area contributed by atoms with Gasteiger partial charge in [0.1, 0.15) is 24.1 Å². The Morgan fingerprint density at radius 1 is 1.03 bits per heavy atom. The molecule has 1 aromatic heterocycles. The van der Waals surface area contributed by atoms with Gasteiger partial charge in [0.25, 0.3) is 0 Å². The lowest BCUT2D eigenvalue weighted by Gasteiger charge is -2.25. The third-order valence-electron chi connectivity index (χ3n) is 5.18. The van der Waals surface area contributed by atoms with Gasteiger partial charge in [0, 0.05) is 32.4 Å². The molecule has 4 atom stereocenters. The molecule has 1 aliphatic heterocycles. The van der Waals surface area contributed by atoms with Crippen molar-refractivity contribution < 1.29 is 47.3 Å². The van der Waals surface area contributed by atoms with Gasteiger partial charge in [-0.2, -0.15) is 0 Å². The first-order chi connectivity index (χ1) is 16.9. The number of carbonyl (C=O) groups is 4. The van der Waals surface area contributed by atoms with E-state index >= 15 is 0 Å². The average molecular weight is 528 g/mol. The Hall–Kier alpha value is -3.51. The van der Waals surface area contributed by atoms with E-state index in [0.717, 1.165) is 39.1 Å². The Labute approximate surface area is 208 Å². The van der Waals surface area contributed by atoms with E-state index in [1.807, 2.05) is 0 Å². The van der Waals surface area contributed by atoms with E-state index in [4.69, 9.17) is 35.3 Å². The van der Waals surface area contributed by atoms with Crippen molar-refractivity contribution in [1.29, 1.82) is 0 Å². The molecule has 0 saturated carbocycles. The Bertz CT molecular complexity index is 1280. The fraction of sp³-hybridized carbons (Fsp3) is 0.435. The summed E-state index contributed by atoms with van der Waals surface area (Å²) in [5.74, 6) is -4.05. The first kappa shape index (κ1) is 27.1. The third-order valence-corrected chi connectivity index (χ3v) is 5.47. The third kappa shape index (κ3) is 5.65. The molecule has 36 heavy (non-hydrogen) atoms. The number of ether oxygens (including phenoxy) is 5. The van der Waals surface area contributed by atoms with Crippen LogP contribution in [0.15, 0.2) is 23.1 Å². The van der Waals surface area contributed by atoms with Gasteiger partial charge in [-0.3, -0.25) is 19.2 Å². The predicted octanol–water partition coefficient (Wildman–Crippen LogP) is 2.29. The average Bonchev–Trinajstić information content (AvgIpc) is 3.09. The van der Waals surface area contributed by atoms with Crippen molar-refractivity contribution in [3.63, 3.8) is 0 Å². The molecule has 0 amide bonds. The molecule has 0 spiro atoms. The Morgan fingerprint density at radius 3 is 2.25 bits per heavy atom. The van der Waals surface area contributed by atoms with Gasteiger partial charge >= 0.3 is 23.9 Å². The van der Waals surface area contributed by atoms with Crippen molar-refractivity contribution in [2.45, 2.75) is 52.2 Å². The van der Waals surface area contributed by atoms with E-state index in [0.29, 0.717) is 0 Å². The zero-order valence-electron chi connectivity index (χ0n) is 19.7. The molecule has 0 radical (unpaired) electrons. The van der Waals surface area contributed by atoms with Gasteiger partial charge in [-0.25, -0.2) is 9.18 Å². The van der Waals surface area contributed by atoms with Crippen LogP contribution in [0.5, 0.6) is 0 Å². The lowest BCUT2D eigenvalue weighted by atomic mass is 10.1. The van der Waals surface area contributed by atoms with Crippen molar-refractivity contribution >= 4 is 46.4 Å². The zero-order valence-corrected chi connectivity index (χ0v) is 20.5. The summed E-state index contributed by atoms with van der Waals surface area (Å²) in [6, 6.07) is 1.99. The Kier molecular flexibility index (Phi) is 8.31. The largest absolute Gasteiger partial charge is 0.463 e. The van der Waals surface area contributed by atoms with Crippen LogP contribution in [0, 0.1) is 5.82 Å². The van der Waals surface area contributed by atoms with Crippen molar-refractivity contribution in [2.75, 3.05) is 13.2 Å². The first-order valence-corrected chi connectivity index (χ1v) is 11.2. The molecule has 1 aromatic carbocycles. The summed E-state index contributed by atoms with van der Waals surface area (Å²) >= 11 is 5.97. The number of aromatic nitrogens is 1. The predicted molar refractivity (Wildman–Crippen MR) is 121 cm³/mol. The van der Waals surface area contributed by atoms with Crippen molar-refractivity contribution in [2.24, 2.45) is 0 Å². The Morgan fingerprint density at radius 2 is 1.67 bits per heavy atom. The standard InChI is InChI=1S/C23H23ClFNO10/c1-5-32-23(31)14-8-26(17-7-15(24)16(25)6-13(17)19(14)30)22-21(35-12(4)29)20(34-11(3)28)18(36-22)9-33-10(2)27/h6-8,18,20-22H,5,9H2,1-4H3/t18-,20-,21-,22-/m1/s1. The number of rotatable bonds is 7. The minimum absolute atomic E-state index is 0.0244. The van der Waals surface area contributed by atoms with Crippen LogP contribution in [-0.2, 0) is 38.1 Å². The second kappa shape index (κ2) is 11.0. The topological polar surface area (TPSA) is 136 Å². The van der Waals surface area contributed by atoms with E-state index in [1.165, 1.54) is 11.5 Å². The summed E-state index contributed by atoms with van der Waals surface area (Å²) < 4.78 is 42.2. The summed E-state index contributed by atoms with van der Waals surface area (Å²) in [4.78, 5) is 60.7. The lowest BCUT2D eigenvalue weighted by Crippen LogP contribution is -2.40. The second-order valence-corrected chi connectivity index (χ2v) is 8.21. The van der Waals surface area contributed by atoms with Gasteiger partial charge in [-0.05, 0) is 19.1 Å². The lowest BCUT2D eigenvalue weighted by molar-refractivity contribution is -0.166. The van der Waals surface area contributed by atoms with E-state index in [-0.39, 0.29) is 29.1 Å². The number of pyridine rings is 1. The molecule has 1 fully saturated rings. The molecule has 0 bridgehead atoms. The molecule has 0 N–H and O–H groups in total. The summed E-state index contributed by atoms with van der Waals surface area (Å²) in [7, 11) is 0. The maximum Gasteiger partial charge on any atom is 0.343 e. The molecule has 2 heterocycles. The van der Waals surface area contributed by atoms with Gasteiger partial charge < -0.3 is 28.3 Å². The molecule has 0 aliphatic carbocycles. The minimum Gasteiger partial charge on any atom is -0.463 e. The van der Waals surface area contributed by atoms with Crippen LogP contribution in [0.2, 0.25) is 5.02 Å². The van der Waals surface area contributed by atoms with Crippen LogP contribution in [-0.4, -0.2) is 60.0 Å². The number of halogens is 2. The van der Waals surface area contributed by atoms with Crippen LogP contribution in [0.4, 0.5) is 4.39 Å². The first-order valence-electron chi connectivity index (χ1n) is 10.8. The molecule has 13 heteroatoms. The van der Waals surface area contributed by atoms with Gasteiger partial charge in [-0.1, -0.05) is 11.6 Å². The summed E-state index contributed by atoms with van der Waals surface area (Å²) in [6.07, 6.45) is -3.90. The van der Waals surface area contributed by atoms with Crippen LogP contribution in [0.3, 0.4) is 0 Å². The number of esters is 4. The van der Waals surface area contributed by atoms with Gasteiger partial charge in [0.05, 0.1) is 17.1 Å². The van der Waals surface area contributed by atoms with Crippen molar-refractivity contribution in [3.8, 4) is 0 Å². The molecule has 0 unspecified atom stereocenters. The van der Waals surface area contributed by atoms with Gasteiger partial charge in [-0.15, -0.1) is 0 Å². The quantitative estimate of drug-likeness (QED) is 0.389. The number of hydrogen-bond acceptors (Lipinski definition) is 10. The highest BCUT2D eigenvalue weighted by Gasteiger charge is 2.51. The summed E-state index contributed by atoms with van der Waals surface area (Å²) in [5, 5.41) is -0.574. The fourth-order valence-electron chi connectivity index (χ4n) is 3.83. The molecule has 1 aliphatic rings. The molecular weight excluding hydrogens is 505 g/mol. The monoisotopic (exact) mass is 527 g/mol. The normalized spacial score (nSPS) is 21.2. The highest BCUT2D eigenvalue weighted by atomic mass is 35.5. The molecule has 194 valence electrons. The van der Waals surface area contributed by atoms with Crippen LogP contribution >= 0.6 is 11.6 Å². The zero-order chi connectivity index (χ0) is 26.7. The highest BCUT2D eigenvalue weighted by Crippen LogP contribution is 2.37. The summed E-state index contributed by atoms with van der Waals surface area (Å²) in [5.41, 5.74) is -1.26. The SMILES string of the molecule is CCOC(=O)c1cn([C@@H]2O[C@H](COC(C)=O)[C@@H](OC(C)=O)[C@H]2OC(C)=O)c2cc(Cl)c(F)cc2c1=O. The molecule has 1 saturated heterocycles. The molecule has 11 nitrogen and oxygen atoms in total. The number of carbonyl (C=O) groups excluding carboxylic acids is 4. The summed E-state index contributed by atoms with van der Waals surface area (Å²) in [6.45, 7) is 4.52. The van der Waals surface area contributed by atoms with E-state index < -0.39 is 65.2 Å². The number of benzene rings is 1. The number of hydrogen-bond donors (Lipinski definition) is 0. The van der Waals surface area contributed by atoms with E-state index in [1.54, 1.807) is 0 Å². The smallest absolute Gasteiger partial charge is 0.343 e. The van der Waals surface area contributed by atoms with Gasteiger partial charge in [0.15, 0.2) is 18.4 Å². The molecule has 2 aromatic rings. The second-order valence-electron chi connectivity index (χ2n) is 7.80. The fourth-order valence-corrected chi connectivity index (χ4v) is 3.98. The number of nitrogens with zero attached hydrogens (tertiary/aromatic N) is 1. The number of fused-ring (bicyclic) bond motifs is 1. The Balaban J connectivity index is 2.26. The van der Waals surface area contributed by atoms with Crippen LogP contribution in [0.1, 0.15) is 44.3 Å².